The lowest BCUT2D eigenvalue weighted by molar-refractivity contribution is 0.542. The molecule has 0 spiro atoms. The molecule has 1 aliphatic rings. The molecular weight excluding hydrogens is 222 g/mol. The molecule has 16 heavy (non-hydrogen) atoms. The van der Waals surface area contributed by atoms with Gasteiger partial charge in [-0.25, -0.2) is 18.5 Å². The minimum absolute atomic E-state index is 0.0727. The van der Waals surface area contributed by atoms with E-state index in [9.17, 15) is 4.21 Å². The maximum absolute atomic E-state index is 12.3. The van der Waals surface area contributed by atoms with Crippen molar-refractivity contribution >= 4 is 9.73 Å². The van der Waals surface area contributed by atoms with Crippen molar-refractivity contribution in [2.24, 2.45) is 4.36 Å². The summed E-state index contributed by atoms with van der Waals surface area (Å²) in [5.41, 5.74) is -0.0727. The molecule has 0 aromatic carbocycles. The Kier molecular flexibility index (Phi) is 2.74. The van der Waals surface area contributed by atoms with Crippen LogP contribution >= 0.6 is 0 Å². The van der Waals surface area contributed by atoms with Crippen molar-refractivity contribution in [2.75, 3.05) is 12.3 Å². The first-order chi connectivity index (χ1) is 7.42. The molecule has 2 rings (SSSR count). The molecular formula is C11H17N3OS. The van der Waals surface area contributed by atoms with Gasteiger partial charge in [0.05, 0.1) is 14.6 Å². The van der Waals surface area contributed by atoms with E-state index in [0.29, 0.717) is 17.2 Å². The monoisotopic (exact) mass is 239 g/mol. The predicted octanol–water partition coefficient (Wildman–Crippen LogP) is 2.00. The van der Waals surface area contributed by atoms with Crippen LogP contribution in [0.3, 0.4) is 0 Å². The van der Waals surface area contributed by atoms with Crippen molar-refractivity contribution in [3.05, 3.63) is 18.2 Å². The Labute approximate surface area is 96.7 Å². The lowest BCUT2D eigenvalue weighted by Gasteiger charge is -2.16. The van der Waals surface area contributed by atoms with Gasteiger partial charge in [-0.2, -0.15) is 0 Å². The summed E-state index contributed by atoms with van der Waals surface area (Å²) in [6.45, 7) is 6.87. The second-order valence-electron chi connectivity index (χ2n) is 5.04. The third-order valence-electron chi connectivity index (χ3n) is 2.55. The largest absolute Gasteiger partial charge is 0.245 e. The van der Waals surface area contributed by atoms with Crippen molar-refractivity contribution in [1.29, 1.82) is 0 Å². The minimum Gasteiger partial charge on any atom is -0.245 e. The third kappa shape index (κ3) is 2.09. The van der Waals surface area contributed by atoms with Crippen LogP contribution in [0.2, 0.25) is 0 Å². The summed E-state index contributed by atoms with van der Waals surface area (Å²) in [7, 11) is -2.19. The lowest BCUT2D eigenvalue weighted by atomic mass is 9.96. The van der Waals surface area contributed by atoms with Crippen LogP contribution in [0.15, 0.2) is 21.7 Å². The predicted molar refractivity (Wildman–Crippen MR) is 63.9 cm³/mol. The molecule has 0 saturated carbocycles. The highest BCUT2D eigenvalue weighted by Gasteiger charge is 2.21. The summed E-state index contributed by atoms with van der Waals surface area (Å²) in [6, 6.07) is 0. The van der Waals surface area contributed by atoms with Crippen molar-refractivity contribution in [2.45, 2.75) is 37.5 Å². The van der Waals surface area contributed by atoms with Gasteiger partial charge in [0.15, 0.2) is 0 Å². The van der Waals surface area contributed by atoms with E-state index >= 15 is 0 Å². The van der Waals surface area contributed by atoms with Crippen LogP contribution in [0.25, 0.3) is 0 Å². The smallest absolute Gasteiger partial charge is 0.133 e. The maximum Gasteiger partial charge on any atom is 0.133 e. The van der Waals surface area contributed by atoms with E-state index in [1.807, 2.05) is 0 Å². The Balaban J connectivity index is 2.37. The fourth-order valence-corrected chi connectivity index (χ4v) is 3.49. The molecule has 1 aromatic rings. The molecule has 5 heteroatoms. The fraction of sp³-hybridized carbons (Fsp3) is 0.636. The number of hydrogen-bond acceptors (Lipinski definition) is 4. The number of nitrogens with zero attached hydrogens (tertiary/aromatic N) is 3. The molecule has 1 unspecified atom stereocenters. The molecule has 0 amide bonds. The Bertz CT molecular complexity index is 493. The summed E-state index contributed by atoms with van der Waals surface area (Å²) < 4.78 is 16.5. The molecule has 1 atom stereocenters. The topological polar surface area (TPSA) is 55.2 Å². The van der Waals surface area contributed by atoms with Crippen LogP contribution in [0.1, 0.15) is 33.0 Å². The van der Waals surface area contributed by atoms with Crippen LogP contribution in [-0.4, -0.2) is 26.5 Å². The zero-order chi connectivity index (χ0) is 11.8. The maximum atomic E-state index is 12.3. The molecule has 1 aromatic heterocycles. The molecule has 0 saturated heterocycles. The third-order valence-corrected chi connectivity index (χ3v) is 4.94. The van der Waals surface area contributed by atoms with E-state index < -0.39 is 9.73 Å². The van der Waals surface area contributed by atoms with Crippen LogP contribution in [0.4, 0.5) is 0 Å². The van der Waals surface area contributed by atoms with Crippen molar-refractivity contribution in [3.8, 4) is 0 Å². The Morgan fingerprint density at radius 3 is 2.31 bits per heavy atom. The molecule has 0 radical (unpaired) electrons. The Morgan fingerprint density at radius 1 is 1.25 bits per heavy atom. The van der Waals surface area contributed by atoms with E-state index in [0.717, 1.165) is 12.2 Å². The lowest BCUT2D eigenvalue weighted by Crippen LogP contribution is -2.16. The SMILES string of the molecule is CC(C)(C)c1ncc(S2(=O)=NCCC2)cn1. The van der Waals surface area contributed by atoms with Gasteiger partial charge in [0.2, 0.25) is 0 Å². The van der Waals surface area contributed by atoms with Gasteiger partial charge < -0.3 is 0 Å². The molecule has 0 aliphatic carbocycles. The van der Waals surface area contributed by atoms with Crippen molar-refractivity contribution in [1.82, 2.24) is 9.97 Å². The minimum atomic E-state index is -2.19. The van der Waals surface area contributed by atoms with Gasteiger partial charge in [-0.15, -0.1) is 0 Å². The summed E-state index contributed by atoms with van der Waals surface area (Å²) in [6.07, 6.45) is 4.25. The Morgan fingerprint density at radius 2 is 1.88 bits per heavy atom. The van der Waals surface area contributed by atoms with Gasteiger partial charge in [-0.05, 0) is 6.42 Å². The van der Waals surface area contributed by atoms with Crippen LogP contribution < -0.4 is 0 Å². The molecule has 0 fully saturated rings. The van der Waals surface area contributed by atoms with Gasteiger partial charge in [0.25, 0.3) is 0 Å². The van der Waals surface area contributed by atoms with Crippen LogP contribution in [-0.2, 0) is 15.1 Å². The second-order valence-corrected chi connectivity index (χ2v) is 7.46. The molecule has 4 nitrogen and oxygen atoms in total. The zero-order valence-electron chi connectivity index (χ0n) is 9.93. The molecule has 2 heterocycles. The van der Waals surface area contributed by atoms with E-state index in [1.165, 1.54) is 0 Å². The normalized spacial score (nSPS) is 25.4. The van der Waals surface area contributed by atoms with Gasteiger partial charge in [0, 0.05) is 30.1 Å². The van der Waals surface area contributed by atoms with Gasteiger partial charge in [-0.1, -0.05) is 20.8 Å². The first-order valence-corrected chi connectivity index (χ1v) is 7.13. The molecule has 0 N–H and O–H groups in total. The molecule has 88 valence electrons. The summed E-state index contributed by atoms with van der Waals surface area (Å²) in [4.78, 5) is 9.26. The van der Waals surface area contributed by atoms with E-state index in [1.54, 1.807) is 12.4 Å². The number of aromatic nitrogens is 2. The first kappa shape index (κ1) is 11.5. The summed E-state index contributed by atoms with van der Waals surface area (Å²) in [5, 5.41) is 0. The first-order valence-electron chi connectivity index (χ1n) is 5.45. The standard InChI is InChI=1S/C11H17N3OS/c1-11(2,3)10-12-7-9(8-13-10)16(15)6-4-5-14-16/h7-8H,4-6H2,1-3H3. The Hall–Kier alpha value is -0.970. The second kappa shape index (κ2) is 3.80. The van der Waals surface area contributed by atoms with Crippen LogP contribution in [0, 0.1) is 0 Å². The average molecular weight is 239 g/mol. The van der Waals surface area contributed by atoms with Gasteiger partial charge in [0.1, 0.15) is 5.82 Å². The average Bonchev–Trinajstić information content (AvgIpc) is 2.66. The number of hydrogen-bond donors (Lipinski definition) is 0. The number of rotatable bonds is 1. The highest BCUT2D eigenvalue weighted by Crippen LogP contribution is 2.21. The van der Waals surface area contributed by atoms with E-state index in [-0.39, 0.29) is 5.41 Å². The zero-order valence-corrected chi connectivity index (χ0v) is 10.8. The van der Waals surface area contributed by atoms with Gasteiger partial charge in [-0.3, -0.25) is 0 Å². The highest BCUT2D eigenvalue weighted by molar-refractivity contribution is 7.93. The van der Waals surface area contributed by atoms with Crippen LogP contribution in [0.5, 0.6) is 0 Å². The molecule has 1 aliphatic heterocycles. The van der Waals surface area contributed by atoms with Gasteiger partial charge >= 0.3 is 0 Å². The summed E-state index contributed by atoms with van der Waals surface area (Å²) in [5.74, 6) is 1.42. The highest BCUT2D eigenvalue weighted by atomic mass is 32.2. The summed E-state index contributed by atoms with van der Waals surface area (Å²) >= 11 is 0. The van der Waals surface area contributed by atoms with E-state index in [2.05, 4.69) is 35.1 Å². The fourth-order valence-electron chi connectivity index (χ4n) is 1.60. The van der Waals surface area contributed by atoms with E-state index in [4.69, 9.17) is 0 Å². The quantitative estimate of drug-likeness (QED) is 0.753. The van der Waals surface area contributed by atoms with Crippen molar-refractivity contribution in [3.63, 3.8) is 0 Å². The molecule has 0 bridgehead atoms. The van der Waals surface area contributed by atoms with Crippen molar-refractivity contribution < 1.29 is 4.21 Å².